The molecule has 3 rings (SSSR count). The molecule has 0 saturated heterocycles. The molecule has 1 atom stereocenters. The van der Waals surface area contributed by atoms with Gasteiger partial charge >= 0.3 is 0 Å². The van der Waals surface area contributed by atoms with E-state index < -0.39 is 5.82 Å². The normalized spacial score (nSPS) is 15.6. The van der Waals surface area contributed by atoms with E-state index in [0.717, 1.165) is 17.7 Å². The van der Waals surface area contributed by atoms with Crippen molar-refractivity contribution < 1.29 is 18.7 Å². The third kappa shape index (κ3) is 3.20. The van der Waals surface area contributed by atoms with Crippen molar-refractivity contribution in [3.8, 4) is 11.5 Å². The van der Waals surface area contributed by atoms with E-state index in [9.17, 15) is 9.18 Å². The third-order valence-corrected chi connectivity index (χ3v) is 3.98. The first-order chi connectivity index (χ1) is 11.5. The van der Waals surface area contributed by atoms with Gasteiger partial charge in [0.25, 0.3) is 5.91 Å². The van der Waals surface area contributed by atoms with Crippen molar-refractivity contribution in [2.24, 2.45) is 0 Å². The lowest BCUT2D eigenvalue weighted by Crippen LogP contribution is -2.13. The molecule has 0 aliphatic carbocycles. The van der Waals surface area contributed by atoms with E-state index in [1.165, 1.54) is 6.07 Å². The Morgan fingerprint density at radius 1 is 1.38 bits per heavy atom. The Hall–Kier alpha value is -2.56. The molecule has 1 aliphatic rings. The number of hydrogen-bond acceptors (Lipinski definition) is 3. The number of rotatable bonds is 4. The Bertz CT molecular complexity index is 788. The van der Waals surface area contributed by atoms with Crippen molar-refractivity contribution in [3.63, 3.8) is 0 Å². The SMILES string of the molecule is CCOc1cc2c(cc1NC(=O)c1ccc(C)c(F)c1)O[C@H](C)C2. The van der Waals surface area contributed by atoms with Gasteiger partial charge in [-0.2, -0.15) is 0 Å². The van der Waals surface area contributed by atoms with Gasteiger partial charge in [-0.1, -0.05) is 6.07 Å². The summed E-state index contributed by atoms with van der Waals surface area (Å²) in [5.41, 5.74) is 2.35. The van der Waals surface area contributed by atoms with Gasteiger partial charge in [-0.15, -0.1) is 0 Å². The molecule has 126 valence electrons. The molecule has 0 radical (unpaired) electrons. The maximum Gasteiger partial charge on any atom is 0.255 e. The molecule has 1 aliphatic heterocycles. The number of aryl methyl sites for hydroxylation is 1. The Kier molecular flexibility index (Phi) is 4.42. The van der Waals surface area contributed by atoms with Gasteiger partial charge in [0.05, 0.1) is 12.3 Å². The van der Waals surface area contributed by atoms with Crippen molar-refractivity contribution >= 4 is 11.6 Å². The van der Waals surface area contributed by atoms with Crippen molar-refractivity contribution in [2.75, 3.05) is 11.9 Å². The van der Waals surface area contributed by atoms with Crippen LogP contribution in [-0.2, 0) is 6.42 Å². The molecule has 0 spiro atoms. The summed E-state index contributed by atoms with van der Waals surface area (Å²) in [5, 5.41) is 2.79. The molecule has 0 unspecified atom stereocenters. The number of hydrogen-bond donors (Lipinski definition) is 1. The lowest BCUT2D eigenvalue weighted by Gasteiger charge is -2.14. The fourth-order valence-electron chi connectivity index (χ4n) is 2.74. The Morgan fingerprint density at radius 3 is 2.88 bits per heavy atom. The zero-order valence-electron chi connectivity index (χ0n) is 14.0. The average Bonchev–Trinajstić information content (AvgIpc) is 2.89. The molecule has 2 aromatic carbocycles. The summed E-state index contributed by atoms with van der Waals surface area (Å²) in [5.74, 6) is 0.547. The topological polar surface area (TPSA) is 47.6 Å². The molecule has 5 heteroatoms. The van der Waals surface area contributed by atoms with Crippen LogP contribution >= 0.6 is 0 Å². The molecule has 0 bridgehead atoms. The highest BCUT2D eigenvalue weighted by atomic mass is 19.1. The first-order valence-corrected chi connectivity index (χ1v) is 8.01. The monoisotopic (exact) mass is 329 g/mol. The van der Waals surface area contributed by atoms with Crippen molar-refractivity contribution in [1.82, 2.24) is 0 Å². The average molecular weight is 329 g/mol. The molecule has 0 fully saturated rings. The highest BCUT2D eigenvalue weighted by molar-refractivity contribution is 6.05. The second-order valence-electron chi connectivity index (χ2n) is 5.94. The zero-order chi connectivity index (χ0) is 17.3. The van der Waals surface area contributed by atoms with Crippen LogP contribution < -0.4 is 14.8 Å². The van der Waals surface area contributed by atoms with Crippen LogP contribution in [0.5, 0.6) is 11.5 Å². The minimum atomic E-state index is -0.404. The van der Waals surface area contributed by atoms with Crippen LogP contribution in [0.3, 0.4) is 0 Å². The van der Waals surface area contributed by atoms with E-state index in [2.05, 4.69) is 5.32 Å². The number of anilines is 1. The van der Waals surface area contributed by atoms with Gasteiger partial charge in [-0.25, -0.2) is 4.39 Å². The molecule has 0 saturated carbocycles. The summed E-state index contributed by atoms with van der Waals surface area (Å²) in [6, 6.07) is 8.08. The number of benzene rings is 2. The van der Waals surface area contributed by atoms with Gasteiger partial charge in [-0.05, 0) is 44.5 Å². The summed E-state index contributed by atoms with van der Waals surface area (Å²) < 4.78 is 25.0. The van der Waals surface area contributed by atoms with Crippen LogP contribution in [0.2, 0.25) is 0 Å². The van der Waals surface area contributed by atoms with Crippen molar-refractivity contribution in [1.29, 1.82) is 0 Å². The fourth-order valence-corrected chi connectivity index (χ4v) is 2.74. The van der Waals surface area contributed by atoms with Gasteiger partial charge in [0, 0.05) is 23.6 Å². The van der Waals surface area contributed by atoms with Gasteiger partial charge in [-0.3, -0.25) is 4.79 Å². The highest BCUT2D eigenvalue weighted by Crippen LogP contribution is 2.38. The predicted molar refractivity (Wildman–Crippen MR) is 90.5 cm³/mol. The molecule has 24 heavy (non-hydrogen) atoms. The van der Waals surface area contributed by atoms with Crippen molar-refractivity contribution in [3.05, 3.63) is 52.8 Å². The lowest BCUT2D eigenvalue weighted by molar-refractivity contribution is 0.102. The molecular formula is C19H20FNO3. The largest absolute Gasteiger partial charge is 0.492 e. The van der Waals surface area contributed by atoms with Crippen LogP contribution in [0.1, 0.15) is 35.3 Å². The molecular weight excluding hydrogens is 309 g/mol. The Morgan fingerprint density at radius 2 is 2.17 bits per heavy atom. The maximum atomic E-state index is 13.7. The second-order valence-corrected chi connectivity index (χ2v) is 5.94. The van der Waals surface area contributed by atoms with Crippen LogP contribution in [0, 0.1) is 12.7 Å². The minimum Gasteiger partial charge on any atom is -0.492 e. The highest BCUT2D eigenvalue weighted by Gasteiger charge is 2.23. The van der Waals surface area contributed by atoms with E-state index in [4.69, 9.17) is 9.47 Å². The number of carbonyl (C=O) groups excluding carboxylic acids is 1. The minimum absolute atomic E-state index is 0.103. The second kappa shape index (κ2) is 6.51. The molecule has 4 nitrogen and oxygen atoms in total. The molecule has 1 amide bonds. The van der Waals surface area contributed by atoms with E-state index in [0.29, 0.717) is 23.6 Å². The van der Waals surface area contributed by atoms with Gasteiger partial charge in [0.15, 0.2) is 0 Å². The van der Waals surface area contributed by atoms with Crippen LogP contribution in [0.15, 0.2) is 30.3 Å². The van der Waals surface area contributed by atoms with Crippen LogP contribution in [0.4, 0.5) is 10.1 Å². The number of halogens is 1. The van der Waals surface area contributed by atoms with Gasteiger partial charge in [0.1, 0.15) is 23.4 Å². The lowest BCUT2D eigenvalue weighted by atomic mass is 10.1. The van der Waals surface area contributed by atoms with Gasteiger partial charge in [0.2, 0.25) is 0 Å². The van der Waals surface area contributed by atoms with Gasteiger partial charge < -0.3 is 14.8 Å². The number of amides is 1. The molecule has 0 aromatic heterocycles. The first kappa shape index (κ1) is 16.3. The summed E-state index contributed by atoms with van der Waals surface area (Å²) in [4.78, 5) is 12.4. The maximum absolute atomic E-state index is 13.7. The fraction of sp³-hybridized carbons (Fsp3) is 0.316. The standard InChI is InChI=1S/C19H20FNO3/c1-4-23-18-9-14-7-12(3)24-17(14)10-16(18)21-19(22)13-6-5-11(2)15(20)8-13/h5-6,8-10,12H,4,7H2,1-3H3,(H,21,22)/t12-/m1/s1. The third-order valence-electron chi connectivity index (χ3n) is 3.98. The summed E-state index contributed by atoms with van der Waals surface area (Å²) in [6.07, 6.45) is 0.916. The number of fused-ring (bicyclic) bond motifs is 1. The quantitative estimate of drug-likeness (QED) is 0.918. The molecule has 1 N–H and O–H groups in total. The molecule has 2 aromatic rings. The summed E-state index contributed by atoms with van der Waals surface area (Å²) in [7, 11) is 0. The van der Waals surface area contributed by atoms with Crippen molar-refractivity contribution in [2.45, 2.75) is 33.3 Å². The first-order valence-electron chi connectivity index (χ1n) is 8.01. The zero-order valence-corrected chi connectivity index (χ0v) is 14.0. The molecule has 1 heterocycles. The van der Waals surface area contributed by atoms with Crippen LogP contribution in [-0.4, -0.2) is 18.6 Å². The number of nitrogens with one attached hydrogen (secondary N) is 1. The van der Waals surface area contributed by atoms with Crippen LogP contribution in [0.25, 0.3) is 0 Å². The number of ether oxygens (including phenoxy) is 2. The van der Waals surface area contributed by atoms with E-state index in [1.807, 2.05) is 19.9 Å². The summed E-state index contributed by atoms with van der Waals surface area (Å²) >= 11 is 0. The smallest absolute Gasteiger partial charge is 0.255 e. The predicted octanol–water partition coefficient (Wildman–Crippen LogP) is 4.11. The van der Waals surface area contributed by atoms with E-state index >= 15 is 0 Å². The Balaban J connectivity index is 1.89. The van der Waals surface area contributed by atoms with E-state index in [-0.39, 0.29) is 17.6 Å². The number of carbonyl (C=O) groups is 1. The summed E-state index contributed by atoms with van der Waals surface area (Å²) in [6.45, 7) is 6.02. The Labute approximate surface area is 140 Å². The van der Waals surface area contributed by atoms with E-state index in [1.54, 1.807) is 25.1 Å².